The fourth-order valence-electron chi connectivity index (χ4n) is 2.39. The minimum atomic E-state index is -0.322. The Labute approximate surface area is 115 Å². The van der Waals surface area contributed by atoms with E-state index in [2.05, 4.69) is 34.5 Å². The molecule has 0 radical (unpaired) electrons. The topological polar surface area (TPSA) is 32.3 Å². The van der Waals surface area contributed by atoms with Crippen LogP contribution >= 0.6 is 0 Å². The summed E-state index contributed by atoms with van der Waals surface area (Å²) in [7, 11) is 0. The van der Waals surface area contributed by atoms with Crippen molar-refractivity contribution in [1.82, 2.24) is 10.2 Å². The van der Waals surface area contributed by atoms with Gasteiger partial charge in [0.25, 0.3) is 0 Å². The maximum absolute atomic E-state index is 12.0. The average Bonchev–Trinajstić information content (AvgIpc) is 2.43. The molecular weight excluding hydrogens is 236 g/mol. The zero-order valence-corrected chi connectivity index (χ0v) is 11.7. The molecule has 1 aliphatic heterocycles. The summed E-state index contributed by atoms with van der Waals surface area (Å²) in [6, 6.07) is 10.2. The van der Waals surface area contributed by atoms with Gasteiger partial charge in [-0.3, -0.25) is 9.69 Å². The molecule has 102 valence electrons. The number of likely N-dealkylation sites (N-methyl/N-ethyl adjacent to an activating group) is 1. The van der Waals surface area contributed by atoms with E-state index in [1.807, 2.05) is 32.0 Å². The molecule has 1 unspecified atom stereocenters. The number of carbonyl (C=O) groups excluding carboxylic acids is 1. The number of benzene rings is 1. The third kappa shape index (κ3) is 3.04. The van der Waals surface area contributed by atoms with Crippen LogP contribution in [0.1, 0.15) is 25.8 Å². The normalized spacial score (nSPS) is 23.3. The van der Waals surface area contributed by atoms with Crippen molar-refractivity contribution < 1.29 is 4.79 Å². The van der Waals surface area contributed by atoms with E-state index in [9.17, 15) is 4.79 Å². The van der Waals surface area contributed by atoms with Gasteiger partial charge in [-0.05, 0) is 25.8 Å². The monoisotopic (exact) mass is 258 g/mol. The molecule has 1 fully saturated rings. The van der Waals surface area contributed by atoms with Gasteiger partial charge in [-0.2, -0.15) is 0 Å². The molecule has 1 atom stereocenters. The average molecular weight is 258 g/mol. The fraction of sp³-hybridized carbons (Fsp3) is 0.438. The van der Waals surface area contributed by atoms with Gasteiger partial charge in [-0.15, -0.1) is 0 Å². The Balaban J connectivity index is 1.90. The molecule has 3 heteroatoms. The Morgan fingerprint density at radius 1 is 1.42 bits per heavy atom. The van der Waals surface area contributed by atoms with Gasteiger partial charge >= 0.3 is 0 Å². The Morgan fingerprint density at radius 3 is 2.74 bits per heavy atom. The third-order valence-corrected chi connectivity index (χ3v) is 3.83. The zero-order chi connectivity index (χ0) is 13.7. The van der Waals surface area contributed by atoms with E-state index < -0.39 is 0 Å². The van der Waals surface area contributed by atoms with E-state index >= 15 is 0 Å². The minimum Gasteiger partial charge on any atom is -0.355 e. The molecule has 1 saturated heterocycles. The standard InChI is InChI=1S/C16H22N2O/c1-3-17-15(19)16(2)11-13-18(16)12-7-10-14-8-5-4-6-9-14/h4-10H,3,11-13H2,1-2H3,(H,17,19)/b10-7+. The molecule has 19 heavy (non-hydrogen) atoms. The number of nitrogens with one attached hydrogen (secondary N) is 1. The summed E-state index contributed by atoms with van der Waals surface area (Å²) in [4.78, 5) is 14.2. The Bertz CT molecular complexity index is 455. The molecule has 0 bridgehead atoms. The summed E-state index contributed by atoms with van der Waals surface area (Å²) in [6.45, 7) is 6.49. The van der Waals surface area contributed by atoms with Crippen LogP contribution in [0.2, 0.25) is 0 Å². The summed E-state index contributed by atoms with van der Waals surface area (Å²) < 4.78 is 0. The minimum absolute atomic E-state index is 0.148. The summed E-state index contributed by atoms with van der Waals surface area (Å²) in [6.07, 6.45) is 5.18. The van der Waals surface area contributed by atoms with Gasteiger partial charge in [0.1, 0.15) is 0 Å². The first-order valence-electron chi connectivity index (χ1n) is 6.92. The van der Waals surface area contributed by atoms with Crippen LogP contribution in [0.4, 0.5) is 0 Å². The van der Waals surface area contributed by atoms with Gasteiger partial charge in [0.15, 0.2) is 0 Å². The fourth-order valence-corrected chi connectivity index (χ4v) is 2.39. The van der Waals surface area contributed by atoms with Crippen molar-refractivity contribution in [2.75, 3.05) is 19.6 Å². The highest BCUT2D eigenvalue weighted by atomic mass is 16.2. The molecule has 2 rings (SSSR count). The lowest BCUT2D eigenvalue weighted by atomic mass is 9.85. The van der Waals surface area contributed by atoms with E-state index in [1.165, 1.54) is 5.56 Å². The molecule has 0 aliphatic carbocycles. The lowest BCUT2D eigenvalue weighted by molar-refractivity contribution is -0.140. The SMILES string of the molecule is CCNC(=O)C1(C)CCN1C/C=C/c1ccccc1. The van der Waals surface area contributed by atoms with Gasteiger partial charge in [0.05, 0.1) is 5.54 Å². The molecular formula is C16H22N2O. The number of hydrogen-bond acceptors (Lipinski definition) is 2. The largest absolute Gasteiger partial charge is 0.355 e. The molecule has 0 saturated carbocycles. The number of nitrogens with zero attached hydrogens (tertiary/aromatic N) is 1. The van der Waals surface area contributed by atoms with Gasteiger partial charge < -0.3 is 5.32 Å². The molecule has 0 spiro atoms. The number of carbonyl (C=O) groups is 1. The molecule has 3 nitrogen and oxygen atoms in total. The van der Waals surface area contributed by atoms with Crippen LogP contribution in [-0.4, -0.2) is 36.0 Å². The molecule has 0 aromatic heterocycles. The number of amides is 1. The molecule has 1 aromatic rings. The van der Waals surface area contributed by atoms with Crippen molar-refractivity contribution in [3.63, 3.8) is 0 Å². The van der Waals surface area contributed by atoms with Crippen molar-refractivity contribution in [2.24, 2.45) is 0 Å². The van der Waals surface area contributed by atoms with E-state index in [1.54, 1.807) is 0 Å². The summed E-state index contributed by atoms with van der Waals surface area (Å²) in [5.74, 6) is 0.148. The predicted octanol–water partition coefficient (Wildman–Crippen LogP) is 2.30. The van der Waals surface area contributed by atoms with Crippen molar-refractivity contribution in [3.05, 3.63) is 42.0 Å². The van der Waals surface area contributed by atoms with Crippen LogP contribution in [0, 0.1) is 0 Å². The van der Waals surface area contributed by atoms with Crippen LogP contribution in [0.25, 0.3) is 6.08 Å². The second-order valence-electron chi connectivity index (χ2n) is 5.14. The van der Waals surface area contributed by atoms with E-state index in [-0.39, 0.29) is 11.4 Å². The lowest BCUT2D eigenvalue weighted by Crippen LogP contribution is -2.65. The van der Waals surface area contributed by atoms with Crippen LogP contribution in [0.15, 0.2) is 36.4 Å². The smallest absolute Gasteiger partial charge is 0.240 e. The molecule has 1 aromatic carbocycles. The van der Waals surface area contributed by atoms with E-state index in [0.29, 0.717) is 6.54 Å². The highest BCUT2D eigenvalue weighted by molar-refractivity contribution is 5.86. The van der Waals surface area contributed by atoms with Crippen LogP contribution in [-0.2, 0) is 4.79 Å². The van der Waals surface area contributed by atoms with Gasteiger partial charge in [0.2, 0.25) is 5.91 Å². The van der Waals surface area contributed by atoms with Crippen molar-refractivity contribution >= 4 is 12.0 Å². The maximum atomic E-state index is 12.0. The van der Waals surface area contributed by atoms with Crippen LogP contribution in [0.5, 0.6) is 0 Å². The third-order valence-electron chi connectivity index (χ3n) is 3.83. The number of likely N-dealkylation sites (tertiary alicyclic amines) is 1. The Kier molecular flexibility index (Phi) is 4.38. The molecule has 1 N–H and O–H groups in total. The lowest BCUT2D eigenvalue weighted by Gasteiger charge is -2.48. The molecule has 1 aliphatic rings. The van der Waals surface area contributed by atoms with Crippen molar-refractivity contribution in [1.29, 1.82) is 0 Å². The van der Waals surface area contributed by atoms with Crippen molar-refractivity contribution in [2.45, 2.75) is 25.8 Å². The molecule has 1 heterocycles. The first-order chi connectivity index (χ1) is 9.16. The van der Waals surface area contributed by atoms with E-state index in [0.717, 1.165) is 19.5 Å². The highest BCUT2D eigenvalue weighted by Gasteiger charge is 2.45. The second kappa shape index (κ2) is 6.02. The van der Waals surface area contributed by atoms with Gasteiger partial charge in [-0.25, -0.2) is 0 Å². The van der Waals surface area contributed by atoms with Gasteiger partial charge in [-0.1, -0.05) is 42.5 Å². The number of rotatable bonds is 5. The van der Waals surface area contributed by atoms with Gasteiger partial charge in [0, 0.05) is 19.6 Å². The quantitative estimate of drug-likeness (QED) is 0.879. The summed E-state index contributed by atoms with van der Waals surface area (Å²) in [5.41, 5.74) is 0.875. The van der Waals surface area contributed by atoms with Crippen LogP contribution in [0.3, 0.4) is 0 Å². The zero-order valence-electron chi connectivity index (χ0n) is 11.7. The first kappa shape index (κ1) is 13.8. The number of hydrogen-bond donors (Lipinski definition) is 1. The Morgan fingerprint density at radius 2 is 2.16 bits per heavy atom. The molecule has 1 amide bonds. The Hall–Kier alpha value is -1.61. The summed E-state index contributed by atoms with van der Waals surface area (Å²) >= 11 is 0. The maximum Gasteiger partial charge on any atom is 0.240 e. The summed E-state index contributed by atoms with van der Waals surface area (Å²) in [5, 5.41) is 2.92. The van der Waals surface area contributed by atoms with E-state index in [4.69, 9.17) is 0 Å². The van der Waals surface area contributed by atoms with Crippen molar-refractivity contribution in [3.8, 4) is 0 Å². The van der Waals surface area contributed by atoms with Crippen LogP contribution < -0.4 is 5.32 Å². The predicted molar refractivity (Wildman–Crippen MR) is 78.8 cm³/mol. The first-order valence-corrected chi connectivity index (χ1v) is 6.92. The second-order valence-corrected chi connectivity index (χ2v) is 5.14. The highest BCUT2D eigenvalue weighted by Crippen LogP contribution is 2.30.